The predicted octanol–water partition coefficient (Wildman–Crippen LogP) is 4.00. The van der Waals surface area contributed by atoms with Crippen molar-refractivity contribution in [2.45, 2.75) is 51.0 Å². The van der Waals surface area contributed by atoms with Crippen LogP contribution in [0.3, 0.4) is 0 Å². The van der Waals surface area contributed by atoms with Crippen LogP contribution in [0, 0.1) is 11.7 Å². The van der Waals surface area contributed by atoms with E-state index in [2.05, 4.69) is 6.92 Å². The summed E-state index contributed by atoms with van der Waals surface area (Å²) < 4.78 is 13.7. The lowest BCUT2D eigenvalue weighted by molar-refractivity contribution is -0.0180. The average molecular weight is 236 g/mol. The van der Waals surface area contributed by atoms with E-state index in [0.717, 1.165) is 12.8 Å². The highest BCUT2D eigenvalue weighted by molar-refractivity contribution is 5.24. The summed E-state index contributed by atoms with van der Waals surface area (Å²) in [6.07, 6.45) is 5.84. The summed E-state index contributed by atoms with van der Waals surface area (Å²) in [5, 5.41) is 10.6. The molecule has 2 heteroatoms. The van der Waals surface area contributed by atoms with Gasteiger partial charge in [0.15, 0.2) is 0 Å². The maximum Gasteiger partial charge on any atom is 0.129 e. The van der Waals surface area contributed by atoms with Crippen LogP contribution < -0.4 is 0 Å². The van der Waals surface area contributed by atoms with Crippen LogP contribution in [-0.4, -0.2) is 5.11 Å². The third kappa shape index (κ3) is 2.68. The zero-order valence-corrected chi connectivity index (χ0v) is 10.5. The Morgan fingerprint density at radius 1 is 1.29 bits per heavy atom. The third-order valence-corrected chi connectivity index (χ3v) is 4.00. The van der Waals surface area contributed by atoms with Crippen LogP contribution in [0.25, 0.3) is 0 Å². The van der Waals surface area contributed by atoms with E-state index < -0.39 is 5.60 Å². The molecule has 1 aromatic rings. The smallest absolute Gasteiger partial charge is 0.129 e. The third-order valence-electron chi connectivity index (χ3n) is 4.00. The fourth-order valence-corrected chi connectivity index (χ4v) is 2.96. The summed E-state index contributed by atoms with van der Waals surface area (Å²) in [7, 11) is 0. The van der Waals surface area contributed by atoms with Gasteiger partial charge in [-0.15, -0.1) is 0 Å². The topological polar surface area (TPSA) is 20.2 Å². The van der Waals surface area contributed by atoms with Crippen LogP contribution in [-0.2, 0) is 5.60 Å². The molecule has 0 amide bonds. The first-order valence-electron chi connectivity index (χ1n) is 6.63. The molecular weight excluding hydrogens is 215 g/mol. The first-order chi connectivity index (χ1) is 8.15. The van der Waals surface area contributed by atoms with Gasteiger partial charge in [0.2, 0.25) is 0 Å². The van der Waals surface area contributed by atoms with Gasteiger partial charge in [0, 0.05) is 5.56 Å². The Hall–Kier alpha value is -0.890. The molecule has 0 bridgehead atoms. The molecule has 0 spiro atoms. The molecule has 2 rings (SSSR count). The molecular formula is C15H21FO. The van der Waals surface area contributed by atoms with E-state index >= 15 is 0 Å². The predicted molar refractivity (Wildman–Crippen MR) is 67.2 cm³/mol. The van der Waals surface area contributed by atoms with Gasteiger partial charge < -0.3 is 5.11 Å². The minimum atomic E-state index is -0.935. The van der Waals surface area contributed by atoms with Crippen LogP contribution in [0.2, 0.25) is 0 Å². The molecule has 1 aliphatic rings. The summed E-state index contributed by atoms with van der Waals surface area (Å²) in [5.74, 6) is 0.441. The second-order valence-corrected chi connectivity index (χ2v) is 5.24. The second-order valence-electron chi connectivity index (χ2n) is 5.24. The fourth-order valence-electron chi connectivity index (χ4n) is 2.96. The number of halogens is 1. The van der Waals surface area contributed by atoms with Crippen molar-refractivity contribution in [3.05, 3.63) is 35.6 Å². The molecule has 17 heavy (non-hydrogen) atoms. The van der Waals surface area contributed by atoms with Gasteiger partial charge in [-0.2, -0.15) is 0 Å². The van der Waals surface area contributed by atoms with Gasteiger partial charge in [0.05, 0.1) is 5.60 Å². The van der Waals surface area contributed by atoms with E-state index in [1.807, 2.05) is 0 Å². The largest absolute Gasteiger partial charge is 0.385 e. The number of benzene rings is 1. The van der Waals surface area contributed by atoms with E-state index in [4.69, 9.17) is 0 Å². The molecule has 0 unspecified atom stereocenters. The Morgan fingerprint density at radius 2 is 1.94 bits per heavy atom. The molecule has 1 aliphatic carbocycles. The van der Waals surface area contributed by atoms with Crippen molar-refractivity contribution in [2.24, 2.45) is 5.92 Å². The van der Waals surface area contributed by atoms with Crippen molar-refractivity contribution in [2.75, 3.05) is 0 Å². The van der Waals surface area contributed by atoms with Crippen molar-refractivity contribution < 1.29 is 9.50 Å². The molecule has 1 aromatic carbocycles. The SMILES string of the molecule is CCCC1CCC(O)(c2ccccc2F)CC1. The lowest BCUT2D eigenvalue weighted by Gasteiger charge is -2.36. The van der Waals surface area contributed by atoms with E-state index in [1.165, 1.54) is 18.9 Å². The van der Waals surface area contributed by atoms with Crippen LogP contribution in [0.15, 0.2) is 24.3 Å². The number of hydrogen-bond acceptors (Lipinski definition) is 1. The highest BCUT2D eigenvalue weighted by Crippen LogP contribution is 2.41. The van der Waals surface area contributed by atoms with Gasteiger partial charge in [0.25, 0.3) is 0 Å². The summed E-state index contributed by atoms with van der Waals surface area (Å²) in [5.41, 5.74) is -0.454. The molecule has 1 nitrogen and oxygen atoms in total. The lowest BCUT2D eigenvalue weighted by atomic mass is 9.74. The standard InChI is InChI=1S/C15H21FO/c1-2-5-12-8-10-15(17,11-9-12)13-6-3-4-7-14(13)16/h3-4,6-7,12,17H,2,5,8-11H2,1H3. The van der Waals surface area contributed by atoms with Crippen molar-refractivity contribution in [3.8, 4) is 0 Å². The Bertz CT molecular complexity index is 367. The van der Waals surface area contributed by atoms with E-state index in [-0.39, 0.29) is 5.82 Å². The molecule has 94 valence electrons. The Kier molecular flexibility index (Phi) is 3.82. The molecule has 1 saturated carbocycles. The number of rotatable bonds is 3. The molecule has 0 atom stereocenters. The Balaban J connectivity index is 2.10. The van der Waals surface area contributed by atoms with Crippen LogP contribution >= 0.6 is 0 Å². The minimum absolute atomic E-state index is 0.274. The Morgan fingerprint density at radius 3 is 2.53 bits per heavy atom. The molecule has 0 heterocycles. The summed E-state index contributed by atoms with van der Waals surface area (Å²) >= 11 is 0. The highest BCUT2D eigenvalue weighted by atomic mass is 19.1. The van der Waals surface area contributed by atoms with E-state index in [9.17, 15) is 9.50 Å². The van der Waals surface area contributed by atoms with Crippen LogP contribution in [0.4, 0.5) is 4.39 Å². The maximum absolute atomic E-state index is 13.7. The molecule has 0 radical (unpaired) electrons. The van der Waals surface area contributed by atoms with Crippen molar-refractivity contribution >= 4 is 0 Å². The van der Waals surface area contributed by atoms with Gasteiger partial charge >= 0.3 is 0 Å². The van der Waals surface area contributed by atoms with Gasteiger partial charge in [-0.1, -0.05) is 38.0 Å². The van der Waals surface area contributed by atoms with Gasteiger partial charge in [-0.3, -0.25) is 0 Å². The van der Waals surface area contributed by atoms with Crippen molar-refractivity contribution in [1.29, 1.82) is 0 Å². The first-order valence-corrected chi connectivity index (χ1v) is 6.63. The monoisotopic (exact) mass is 236 g/mol. The molecule has 1 fully saturated rings. The normalized spacial score (nSPS) is 29.2. The molecule has 1 N–H and O–H groups in total. The lowest BCUT2D eigenvalue weighted by Crippen LogP contribution is -2.32. The van der Waals surface area contributed by atoms with Gasteiger partial charge in [0.1, 0.15) is 5.82 Å². The van der Waals surface area contributed by atoms with Gasteiger partial charge in [-0.05, 0) is 37.7 Å². The zero-order valence-electron chi connectivity index (χ0n) is 10.5. The summed E-state index contributed by atoms with van der Waals surface area (Å²) in [4.78, 5) is 0. The van der Waals surface area contributed by atoms with E-state index in [0.29, 0.717) is 24.3 Å². The Labute approximate surface area is 103 Å². The first kappa shape index (κ1) is 12.6. The fraction of sp³-hybridized carbons (Fsp3) is 0.600. The summed E-state index contributed by atoms with van der Waals surface area (Å²) in [6, 6.07) is 6.63. The number of aliphatic hydroxyl groups is 1. The average Bonchev–Trinajstić information content (AvgIpc) is 2.33. The quantitative estimate of drug-likeness (QED) is 0.841. The number of hydrogen-bond donors (Lipinski definition) is 1. The van der Waals surface area contributed by atoms with E-state index in [1.54, 1.807) is 18.2 Å². The minimum Gasteiger partial charge on any atom is -0.385 e. The summed E-state index contributed by atoms with van der Waals surface area (Å²) in [6.45, 7) is 2.19. The van der Waals surface area contributed by atoms with Gasteiger partial charge in [-0.25, -0.2) is 4.39 Å². The molecule has 0 aromatic heterocycles. The molecule has 0 aliphatic heterocycles. The second kappa shape index (κ2) is 5.18. The highest BCUT2D eigenvalue weighted by Gasteiger charge is 2.36. The van der Waals surface area contributed by atoms with Crippen LogP contribution in [0.5, 0.6) is 0 Å². The van der Waals surface area contributed by atoms with Crippen molar-refractivity contribution in [1.82, 2.24) is 0 Å². The zero-order chi connectivity index (χ0) is 12.3. The maximum atomic E-state index is 13.7. The van der Waals surface area contributed by atoms with Crippen LogP contribution in [0.1, 0.15) is 51.0 Å². The molecule has 0 saturated heterocycles. The van der Waals surface area contributed by atoms with Crippen molar-refractivity contribution in [3.63, 3.8) is 0 Å².